The molecule has 0 aromatic carbocycles. The summed E-state index contributed by atoms with van der Waals surface area (Å²) < 4.78 is 0. The van der Waals surface area contributed by atoms with Gasteiger partial charge in [0.2, 0.25) is 0 Å². The van der Waals surface area contributed by atoms with E-state index in [1.807, 2.05) is 29.5 Å². The lowest BCUT2D eigenvalue weighted by atomic mass is 10.2. The van der Waals surface area contributed by atoms with Crippen LogP contribution in [0.1, 0.15) is 6.92 Å². The van der Waals surface area contributed by atoms with E-state index in [1.165, 1.54) is 0 Å². The second-order valence-electron chi connectivity index (χ2n) is 3.07. The largest absolute Gasteiger partial charge is 0.481 e. The van der Waals surface area contributed by atoms with E-state index < -0.39 is 5.97 Å². The highest BCUT2D eigenvalue weighted by molar-refractivity contribution is 7.14. The number of carboxylic acid groups (broad SMARTS) is 1. The third-order valence-electron chi connectivity index (χ3n) is 1.85. The van der Waals surface area contributed by atoms with Gasteiger partial charge in [-0.3, -0.25) is 4.79 Å². The lowest BCUT2D eigenvalue weighted by Crippen LogP contribution is -2.27. The molecule has 3 nitrogen and oxygen atoms in total. The zero-order valence-corrected chi connectivity index (χ0v) is 8.54. The van der Waals surface area contributed by atoms with Crippen LogP contribution in [0.2, 0.25) is 0 Å². The minimum Gasteiger partial charge on any atom is -0.481 e. The molecule has 1 unspecified atom stereocenters. The van der Waals surface area contributed by atoms with Gasteiger partial charge in [-0.1, -0.05) is 6.92 Å². The zero-order chi connectivity index (χ0) is 9.84. The lowest BCUT2D eigenvalue weighted by molar-refractivity contribution is -0.140. The van der Waals surface area contributed by atoms with Crippen molar-refractivity contribution in [2.45, 2.75) is 6.92 Å². The van der Waals surface area contributed by atoms with Crippen molar-refractivity contribution in [3.63, 3.8) is 0 Å². The average molecular weight is 199 g/mol. The number of hydrogen-bond donors (Lipinski definition) is 1. The van der Waals surface area contributed by atoms with E-state index >= 15 is 0 Å². The summed E-state index contributed by atoms with van der Waals surface area (Å²) in [6, 6.07) is 3.95. The fourth-order valence-corrected chi connectivity index (χ4v) is 1.77. The van der Waals surface area contributed by atoms with Crippen LogP contribution in [0.4, 0.5) is 5.00 Å². The molecule has 1 heterocycles. The van der Waals surface area contributed by atoms with Crippen LogP contribution >= 0.6 is 11.3 Å². The number of aliphatic carboxylic acids is 1. The summed E-state index contributed by atoms with van der Waals surface area (Å²) in [5, 5.41) is 11.8. The molecule has 0 saturated heterocycles. The molecule has 0 saturated carbocycles. The molecule has 1 N–H and O–H groups in total. The van der Waals surface area contributed by atoms with Crippen LogP contribution < -0.4 is 4.90 Å². The van der Waals surface area contributed by atoms with Crippen molar-refractivity contribution in [3.05, 3.63) is 17.5 Å². The van der Waals surface area contributed by atoms with Crippen LogP contribution in [0.25, 0.3) is 0 Å². The minimum atomic E-state index is -0.747. The number of carbonyl (C=O) groups is 1. The van der Waals surface area contributed by atoms with E-state index in [0.29, 0.717) is 6.54 Å². The Morgan fingerprint density at radius 1 is 1.77 bits per heavy atom. The first-order valence-electron chi connectivity index (χ1n) is 4.08. The number of rotatable bonds is 4. The second-order valence-corrected chi connectivity index (χ2v) is 4.00. The molecular formula is C9H13NO2S. The van der Waals surface area contributed by atoms with Crippen molar-refractivity contribution in [1.82, 2.24) is 0 Å². The van der Waals surface area contributed by atoms with Gasteiger partial charge < -0.3 is 10.0 Å². The van der Waals surface area contributed by atoms with Gasteiger partial charge in [0, 0.05) is 13.6 Å². The average Bonchev–Trinajstić information content (AvgIpc) is 2.55. The molecule has 0 aliphatic carbocycles. The van der Waals surface area contributed by atoms with Crippen LogP contribution in [0.5, 0.6) is 0 Å². The number of nitrogens with zero attached hydrogens (tertiary/aromatic N) is 1. The normalized spacial score (nSPS) is 12.5. The van der Waals surface area contributed by atoms with Crippen molar-refractivity contribution in [2.75, 3.05) is 18.5 Å². The molecule has 1 atom stereocenters. The summed E-state index contributed by atoms with van der Waals surface area (Å²) in [6.45, 7) is 2.27. The van der Waals surface area contributed by atoms with E-state index in [1.54, 1.807) is 18.3 Å². The Balaban J connectivity index is 2.51. The van der Waals surface area contributed by atoms with Gasteiger partial charge in [-0.2, -0.15) is 0 Å². The predicted molar refractivity (Wildman–Crippen MR) is 54.4 cm³/mol. The molecule has 0 radical (unpaired) electrons. The highest BCUT2D eigenvalue weighted by atomic mass is 32.1. The number of thiophene rings is 1. The van der Waals surface area contributed by atoms with Crippen molar-refractivity contribution in [1.29, 1.82) is 0 Å². The molecule has 0 spiro atoms. The molecule has 1 rings (SSSR count). The third kappa shape index (κ3) is 2.73. The molecule has 1 aromatic rings. The first-order chi connectivity index (χ1) is 6.11. The van der Waals surface area contributed by atoms with E-state index in [2.05, 4.69) is 0 Å². The fourth-order valence-electron chi connectivity index (χ4n) is 1.07. The molecular weight excluding hydrogens is 186 g/mol. The van der Waals surface area contributed by atoms with E-state index in [4.69, 9.17) is 5.11 Å². The number of anilines is 1. The molecule has 0 aliphatic heterocycles. The van der Waals surface area contributed by atoms with Crippen LogP contribution in [-0.2, 0) is 4.79 Å². The number of carboxylic acids is 1. The maximum atomic E-state index is 10.6. The molecule has 13 heavy (non-hydrogen) atoms. The van der Waals surface area contributed by atoms with Gasteiger partial charge in [-0.15, -0.1) is 11.3 Å². The van der Waals surface area contributed by atoms with Gasteiger partial charge >= 0.3 is 5.97 Å². The molecule has 0 aliphatic rings. The van der Waals surface area contributed by atoms with Crippen LogP contribution in [0.15, 0.2) is 17.5 Å². The first kappa shape index (κ1) is 10.1. The smallest absolute Gasteiger partial charge is 0.308 e. The van der Waals surface area contributed by atoms with E-state index in [0.717, 1.165) is 5.00 Å². The topological polar surface area (TPSA) is 40.5 Å². The molecule has 1 aromatic heterocycles. The summed E-state index contributed by atoms with van der Waals surface area (Å²) in [6.07, 6.45) is 0. The Labute approximate surface area is 81.6 Å². The summed E-state index contributed by atoms with van der Waals surface area (Å²) in [4.78, 5) is 12.5. The summed E-state index contributed by atoms with van der Waals surface area (Å²) in [5.74, 6) is -1.07. The molecule has 4 heteroatoms. The van der Waals surface area contributed by atoms with Crippen molar-refractivity contribution in [2.24, 2.45) is 5.92 Å². The van der Waals surface area contributed by atoms with Crippen LogP contribution in [-0.4, -0.2) is 24.7 Å². The van der Waals surface area contributed by atoms with E-state index in [-0.39, 0.29) is 5.92 Å². The van der Waals surface area contributed by atoms with Crippen molar-refractivity contribution >= 4 is 22.3 Å². The standard InChI is InChI=1S/C9H13NO2S/c1-7(9(11)12)6-10(2)8-4-3-5-13-8/h3-5,7H,6H2,1-2H3,(H,11,12). The van der Waals surface area contributed by atoms with E-state index in [9.17, 15) is 4.79 Å². The Bertz CT molecular complexity index is 271. The Morgan fingerprint density at radius 3 is 2.92 bits per heavy atom. The Kier molecular flexibility index (Phi) is 3.31. The highest BCUT2D eigenvalue weighted by Gasteiger charge is 2.13. The van der Waals surface area contributed by atoms with Crippen LogP contribution in [0.3, 0.4) is 0 Å². The van der Waals surface area contributed by atoms with Gasteiger partial charge in [0.05, 0.1) is 10.9 Å². The lowest BCUT2D eigenvalue weighted by Gasteiger charge is -2.19. The monoisotopic (exact) mass is 199 g/mol. The summed E-state index contributed by atoms with van der Waals surface area (Å²) in [7, 11) is 1.91. The maximum absolute atomic E-state index is 10.6. The summed E-state index contributed by atoms with van der Waals surface area (Å²) >= 11 is 1.62. The van der Waals surface area contributed by atoms with Gasteiger partial charge in [0.1, 0.15) is 0 Å². The number of hydrogen-bond acceptors (Lipinski definition) is 3. The van der Waals surface area contributed by atoms with Gasteiger partial charge in [-0.25, -0.2) is 0 Å². The van der Waals surface area contributed by atoms with Gasteiger partial charge in [0.15, 0.2) is 0 Å². The SMILES string of the molecule is CC(CN(C)c1cccs1)C(=O)O. The minimum absolute atomic E-state index is 0.327. The Hall–Kier alpha value is -1.03. The second kappa shape index (κ2) is 4.28. The van der Waals surface area contributed by atoms with Crippen LogP contribution in [0, 0.1) is 5.92 Å². The summed E-state index contributed by atoms with van der Waals surface area (Å²) in [5.41, 5.74) is 0. The molecule has 0 amide bonds. The highest BCUT2D eigenvalue weighted by Crippen LogP contribution is 2.20. The van der Waals surface area contributed by atoms with Gasteiger partial charge in [0.25, 0.3) is 0 Å². The zero-order valence-electron chi connectivity index (χ0n) is 7.73. The quantitative estimate of drug-likeness (QED) is 0.805. The Morgan fingerprint density at radius 2 is 2.46 bits per heavy atom. The fraction of sp³-hybridized carbons (Fsp3) is 0.444. The maximum Gasteiger partial charge on any atom is 0.308 e. The van der Waals surface area contributed by atoms with Crippen molar-refractivity contribution in [3.8, 4) is 0 Å². The molecule has 0 bridgehead atoms. The molecule has 72 valence electrons. The first-order valence-corrected chi connectivity index (χ1v) is 4.96. The third-order valence-corrected chi connectivity index (χ3v) is 2.83. The van der Waals surface area contributed by atoms with Gasteiger partial charge in [-0.05, 0) is 17.5 Å². The predicted octanol–water partition coefficient (Wildman–Crippen LogP) is 1.91. The van der Waals surface area contributed by atoms with Crippen molar-refractivity contribution < 1.29 is 9.90 Å². The molecule has 0 fully saturated rings.